The summed E-state index contributed by atoms with van der Waals surface area (Å²) in [6.07, 6.45) is 0.514. The summed E-state index contributed by atoms with van der Waals surface area (Å²) in [4.78, 5) is 11.0. The summed E-state index contributed by atoms with van der Waals surface area (Å²) < 4.78 is 5.73. The van der Waals surface area contributed by atoms with Crippen LogP contribution >= 0.6 is 31.9 Å². The van der Waals surface area contributed by atoms with Gasteiger partial charge in [-0.1, -0.05) is 44.0 Å². The van der Waals surface area contributed by atoms with Crippen molar-refractivity contribution in [2.24, 2.45) is 0 Å². The van der Waals surface area contributed by atoms with E-state index in [4.69, 9.17) is 0 Å². The zero-order valence-electron chi connectivity index (χ0n) is 8.51. The van der Waals surface area contributed by atoms with Crippen molar-refractivity contribution in [3.63, 3.8) is 0 Å². The van der Waals surface area contributed by atoms with Gasteiger partial charge < -0.3 is 5.11 Å². The summed E-state index contributed by atoms with van der Waals surface area (Å²) in [7, 11) is 0. The van der Waals surface area contributed by atoms with Crippen LogP contribution in [-0.2, 0) is 0 Å². The molecular weight excluding hydrogens is 356 g/mol. The summed E-state index contributed by atoms with van der Waals surface area (Å²) >= 11 is 6.50. The van der Waals surface area contributed by atoms with Gasteiger partial charge in [-0.05, 0) is 16.0 Å². The number of hydrogen-bond acceptors (Lipinski definition) is 3. The number of benzene rings is 1. The van der Waals surface area contributed by atoms with Crippen LogP contribution in [0.3, 0.4) is 0 Å². The van der Waals surface area contributed by atoms with Gasteiger partial charge in [-0.3, -0.25) is 4.52 Å². The van der Waals surface area contributed by atoms with E-state index in [9.17, 15) is 9.90 Å². The van der Waals surface area contributed by atoms with Gasteiger partial charge in [0.05, 0.1) is 9.30 Å². The lowest BCUT2D eigenvalue weighted by atomic mass is 10.1. The summed E-state index contributed by atoms with van der Waals surface area (Å²) in [5, 5.41) is 12.5. The molecule has 0 spiro atoms. The molecule has 17 heavy (non-hydrogen) atoms. The van der Waals surface area contributed by atoms with Crippen LogP contribution < -0.4 is 10.3 Å². The van der Waals surface area contributed by atoms with Crippen molar-refractivity contribution in [3.05, 3.63) is 46.4 Å². The number of aliphatic hydroxyl groups excluding tert-OH is 1. The van der Waals surface area contributed by atoms with Crippen molar-refractivity contribution in [1.29, 1.82) is 0 Å². The normalized spacial score (nSPS) is 12.9. The molecule has 1 heterocycles. The first kappa shape index (κ1) is 12.5. The van der Waals surface area contributed by atoms with Gasteiger partial charge in [0.25, 0.3) is 6.20 Å². The van der Waals surface area contributed by atoms with Crippen molar-refractivity contribution in [2.75, 3.05) is 0 Å². The van der Waals surface area contributed by atoms with Gasteiger partial charge in [0.1, 0.15) is 6.10 Å². The van der Waals surface area contributed by atoms with Gasteiger partial charge >= 0.3 is 5.63 Å². The maximum absolute atomic E-state index is 11.0. The number of nitrogens with one attached hydrogen (secondary N) is 1. The first-order valence-electron chi connectivity index (χ1n) is 4.75. The standard InChI is InChI=1S/C10H8Br2N2O3/c11-10(12)9(16)6-3-1-2-4-7(6)14-5-8(15)17-13-14/h1-5,9-10,16H/p+1. The van der Waals surface area contributed by atoms with E-state index in [0.29, 0.717) is 11.3 Å². The first-order valence-corrected chi connectivity index (χ1v) is 6.58. The minimum absolute atomic E-state index is 0.282. The van der Waals surface area contributed by atoms with Crippen molar-refractivity contribution in [2.45, 2.75) is 9.84 Å². The van der Waals surface area contributed by atoms with E-state index in [1.54, 1.807) is 18.2 Å². The lowest BCUT2D eigenvalue weighted by Gasteiger charge is -2.11. The highest BCUT2D eigenvalue weighted by Crippen LogP contribution is 2.28. The lowest BCUT2D eigenvalue weighted by Crippen LogP contribution is -2.34. The molecule has 1 atom stereocenters. The van der Waals surface area contributed by atoms with Crippen molar-refractivity contribution < 1.29 is 14.3 Å². The number of nitrogens with zero attached hydrogens (tertiary/aromatic N) is 1. The van der Waals surface area contributed by atoms with Crippen molar-refractivity contribution in [1.82, 2.24) is 5.27 Å². The van der Waals surface area contributed by atoms with Crippen LogP contribution in [0.2, 0.25) is 0 Å². The molecular formula is C10H9Br2N2O3+. The first-order chi connectivity index (χ1) is 8.09. The van der Waals surface area contributed by atoms with E-state index in [2.05, 4.69) is 41.7 Å². The highest BCUT2D eigenvalue weighted by molar-refractivity contribution is 9.24. The van der Waals surface area contributed by atoms with Crippen molar-refractivity contribution >= 4 is 31.9 Å². The topological polar surface area (TPSA) is 70.1 Å². The number of rotatable bonds is 3. The fourth-order valence-electron chi connectivity index (χ4n) is 1.46. The van der Waals surface area contributed by atoms with E-state index in [0.717, 1.165) is 0 Å². The molecule has 2 rings (SSSR count). The molecule has 0 radical (unpaired) electrons. The van der Waals surface area contributed by atoms with Gasteiger partial charge in [0, 0.05) is 6.07 Å². The molecule has 0 aliphatic carbocycles. The number of hydrogen-bond donors (Lipinski definition) is 2. The van der Waals surface area contributed by atoms with Gasteiger partial charge in [0.15, 0.2) is 0 Å². The third kappa shape index (κ3) is 2.67. The summed E-state index contributed by atoms with van der Waals surface area (Å²) in [5.74, 6) is 0. The van der Waals surface area contributed by atoms with Crippen LogP contribution in [0, 0.1) is 0 Å². The Labute approximate surface area is 113 Å². The molecule has 1 unspecified atom stereocenters. The van der Waals surface area contributed by atoms with Crippen LogP contribution in [0.15, 0.2) is 39.8 Å². The van der Waals surface area contributed by atoms with E-state index in [1.165, 1.54) is 10.9 Å². The van der Waals surface area contributed by atoms with Gasteiger partial charge in [-0.25, -0.2) is 4.79 Å². The van der Waals surface area contributed by atoms with Crippen molar-refractivity contribution in [3.8, 4) is 5.69 Å². The number of halogens is 2. The fraction of sp³-hybridized carbons (Fsp3) is 0.200. The quantitative estimate of drug-likeness (QED) is 0.638. The molecule has 0 aliphatic heterocycles. The Kier molecular flexibility index (Phi) is 3.80. The Morgan fingerprint density at radius 3 is 2.65 bits per heavy atom. The molecule has 1 aromatic heterocycles. The highest BCUT2D eigenvalue weighted by Gasteiger charge is 2.24. The molecule has 0 aliphatic rings. The van der Waals surface area contributed by atoms with Crippen LogP contribution in [0.1, 0.15) is 11.7 Å². The second-order valence-corrected chi connectivity index (χ2v) is 6.55. The fourth-order valence-corrected chi connectivity index (χ4v) is 2.03. The maximum Gasteiger partial charge on any atom is 0.427 e. The Balaban J connectivity index is 2.51. The van der Waals surface area contributed by atoms with Crippen LogP contribution in [0.4, 0.5) is 0 Å². The molecule has 7 heteroatoms. The molecule has 0 bridgehead atoms. The summed E-state index contributed by atoms with van der Waals surface area (Å²) in [6, 6.07) is 7.16. The number of aromatic nitrogens is 2. The van der Waals surface area contributed by atoms with E-state index >= 15 is 0 Å². The number of para-hydroxylation sites is 1. The van der Waals surface area contributed by atoms with Crippen LogP contribution in [0.25, 0.3) is 5.69 Å². The summed E-state index contributed by atoms with van der Waals surface area (Å²) in [6.45, 7) is 0. The second kappa shape index (κ2) is 5.16. The molecule has 1 aromatic carbocycles. The van der Waals surface area contributed by atoms with Gasteiger partial charge in [-0.2, -0.15) is 0 Å². The average Bonchev–Trinajstić information content (AvgIpc) is 2.74. The molecule has 0 amide bonds. The van der Waals surface area contributed by atoms with E-state index in [-0.39, 0.29) is 3.74 Å². The highest BCUT2D eigenvalue weighted by atomic mass is 79.9. The molecule has 2 N–H and O–H groups in total. The minimum Gasteiger partial charge on any atom is -0.386 e. The molecule has 0 saturated carbocycles. The average molecular weight is 365 g/mol. The Hall–Kier alpha value is -0.920. The van der Waals surface area contributed by atoms with Crippen LogP contribution in [-0.4, -0.2) is 14.1 Å². The molecule has 2 aromatic rings. The summed E-state index contributed by atoms with van der Waals surface area (Å²) in [5.41, 5.74) is 0.826. The second-order valence-electron chi connectivity index (χ2n) is 3.35. The lowest BCUT2D eigenvalue weighted by molar-refractivity contribution is -0.671. The molecule has 90 valence electrons. The minimum atomic E-state index is -0.753. The third-order valence-corrected chi connectivity index (χ3v) is 3.23. The predicted molar refractivity (Wildman–Crippen MR) is 67.5 cm³/mol. The monoisotopic (exact) mass is 363 g/mol. The Morgan fingerprint density at radius 1 is 1.35 bits per heavy atom. The predicted octanol–water partition coefficient (Wildman–Crippen LogP) is 1.39. The number of aliphatic hydroxyl groups is 1. The SMILES string of the molecule is O=c1c[n+](-c2ccccc2C(O)C(Br)Br)[nH]o1. The third-order valence-electron chi connectivity index (χ3n) is 2.23. The molecule has 0 saturated heterocycles. The largest absolute Gasteiger partial charge is 0.427 e. The van der Waals surface area contributed by atoms with E-state index in [1.807, 2.05) is 6.07 Å². The van der Waals surface area contributed by atoms with Gasteiger partial charge in [0.2, 0.25) is 5.69 Å². The number of aromatic amines is 1. The van der Waals surface area contributed by atoms with Gasteiger partial charge in [-0.15, -0.1) is 0 Å². The zero-order chi connectivity index (χ0) is 12.4. The maximum atomic E-state index is 11.0. The Morgan fingerprint density at radius 2 is 2.06 bits per heavy atom. The molecule has 0 fully saturated rings. The zero-order valence-corrected chi connectivity index (χ0v) is 11.7. The van der Waals surface area contributed by atoms with Crippen LogP contribution in [0.5, 0.6) is 0 Å². The number of H-pyrrole nitrogens is 1. The molecule has 5 nitrogen and oxygen atoms in total. The number of alkyl halides is 2. The smallest absolute Gasteiger partial charge is 0.386 e. The van der Waals surface area contributed by atoms with E-state index < -0.39 is 11.7 Å². The Bertz CT molecular complexity index is 564.